The molecule has 0 radical (unpaired) electrons. The second-order valence-electron chi connectivity index (χ2n) is 10.9. The molecule has 0 unspecified atom stereocenters. The second kappa shape index (κ2) is 11.8. The standard InChI is InChI=1S/C33H30Cl2N4O3S/c1-38-30-14-9-24(31(21-5-10-26(34)11-6-21)22-7-12-27(35)13-8-22)20-29(30)32(37-38)23-15-17-39(18-16-23)43(41,42)28-4-2-3-25(19-28)33(36)40/h2-14,19-20,23,31H,15-18H2,1H3,(H2,36,40). The van der Waals surface area contributed by atoms with Crippen molar-refractivity contribution in [3.05, 3.63) is 129 Å². The van der Waals surface area contributed by atoms with Crippen LogP contribution in [0, 0.1) is 0 Å². The normalized spacial score (nSPS) is 14.9. The van der Waals surface area contributed by atoms with Crippen LogP contribution in [0.15, 0.2) is 95.9 Å². The van der Waals surface area contributed by atoms with E-state index in [4.69, 9.17) is 34.0 Å². The van der Waals surface area contributed by atoms with Crippen LogP contribution in [0.5, 0.6) is 0 Å². The summed E-state index contributed by atoms with van der Waals surface area (Å²) in [6.07, 6.45) is 1.26. The van der Waals surface area contributed by atoms with E-state index in [1.165, 1.54) is 22.5 Å². The summed E-state index contributed by atoms with van der Waals surface area (Å²) in [6.45, 7) is 0.702. The molecule has 1 fully saturated rings. The minimum absolute atomic E-state index is 0.0462. The summed E-state index contributed by atoms with van der Waals surface area (Å²) < 4.78 is 30.2. The monoisotopic (exact) mass is 632 g/mol. The average Bonchev–Trinajstić information content (AvgIpc) is 3.35. The summed E-state index contributed by atoms with van der Waals surface area (Å²) >= 11 is 12.4. The number of benzene rings is 4. The number of aryl methyl sites for hydroxylation is 1. The summed E-state index contributed by atoms with van der Waals surface area (Å²) in [5, 5.41) is 7.34. The fourth-order valence-electron chi connectivity index (χ4n) is 6.01. The predicted molar refractivity (Wildman–Crippen MR) is 170 cm³/mol. The summed E-state index contributed by atoms with van der Waals surface area (Å²) in [7, 11) is -1.83. The number of aromatic nitrogens is 2. The second-order valence-corrected chi connectivity index (χ2v) is 13.7. The van der Waals surface area contributed by atoms with Gasteiger partial charge in [0.15, 0.2) is 0 Å². The van der Waals surface area contributed by atoms with Gasteiger partial charge in [0, 0.05) is 53.0 Å². The van der Waals surface area contributed by atoms with Gasteiger partial charge in [-0.3, -0.25) is 9.48 Å². The van der Waals surface area contributed by atoms with Gasteiger partial charge in [0.2, 0.25) is 15.9 Å². The van der Waals surface area contributed by atoms with Crippen molar-refractivity contribution in [1.82, 2.24) is 14.1 Å². The zero-order valence-corrected chi connectivity index (χ0v) is 25.8. The van der Waals surface area contributed by atoms with Gasteiger partial charge in [-0.1, -0.05) is 59.6 Å². The molecule has 0 atom stereocenters. The van der Waals surface area contributed by atoms with Crippen molar-refractivity contribution in [2.75, 3.05) is 13.1 Å². The third-order valence-electron chi connectivity index (χ3n) is 8.24. The minimum atomic E-state index is -3.77. The Labute approximate surface area is 260 Å². The number of sulfonamides is 1. The Morgan fingerprint density at radius 2 is 1.44 bits per heavy atom. The van der Waals surface area contributed by atoms with Gasteiger partial charge in [0.1, 0.15) is 0 Å². The van der Waals surface area contributed by atoms with Crippen molar-refractivity contribution in [3.63, 3.8) is 0 Å². The van der Waals surface area contributed by atoms with Crippen LogP contribution in [0.3, 0.4) is 0 Å². The highest BCUT2D eigenvalue weighted by Gasteiger charge is 2.32. The molecule has 5 aromatic rings. The number of primary amides is 1. The molecule has 1 aromatic heterocycles. The number of rotatable bonds is 7. The molecule has 0 saturated carbocycles. The highest BCUT2D eigenvalue weighted by molar-refractivity contribution is 7.89. The van der Waals surface area contributed by atoms with Gasteiger partial charge in [-0.2, -0.15) is 9.40 Å². The molecule has 4 aromatic carbocycles. The first-order valence-corrected chi connectivity index (χ1v) is 16.2. The molecule has 1 saturated heterocycles. The van der Waals surface area contributed by atoms with Crippen LogP contribution in [-0.2, 0) is 17.1 Å². The van der Waals surface area contributed by atoms with E-state index in [2.05, 4.69) is 18.2 Å². The van der Waals surface area contributed by atoms with Gasteiger partial charge in [0.05, 0.1) is 16.1 Å². The summed E-state index contributed by atoms with van der Waals surface area (Å²) in [4.78, 5) is 11.7. The molecule has 1 aliphatic rings. The maximum atomic E-state index is 13.4. The zero-order chi connectivity index (χ0) is 30.3. The van der Waals surface area contributed by atoms with Gasteiger partial charge in [0.25, 0.3) is 0 Å². The van der Waals surface area contributed by atoms with Crippen LogP contribution < -0.4 is 5.73 Å². The lowest BCUT2D eigenvalue weighted by Crippen LogP contribution is -2.38. The number of hydrogen-bond donors (Lipinski definition) is 1. The van der Waals surface area contributed by atoms with E-state index < -0.39 is 15.9 Å². The van der Waals surface area contributed by atoms with Crippen molar-refractivity contribution in [2.24, 2.45) is 12.8 Å². The molecule has 6 rings (SSSR count). The molecule has 0 aliphatic carbocycles. The molecule has 0 spiro atoms. The number of halogens is 2. The predicted octanol–water partition coefficient (Wildman–Crippen LogP) is 6.73. The van der Waals surface area contributed by atoms with E-state index in [-0.39, 0.29) is 22.3 Å². The lowest BCUT2D eigenvalue weighted by atomic mass is 9.84. The highest BCUT2D eigenvalue weighted by Crippen LogP contribution is 2.38. The van der Waals surface area contributed by atoms with Crippen LogP contribution in [0.25, 0.3) is 10.9 Å². The smallest absolute Gasteiger partial charge is 0.248 e. The molecule has 1 amide bonds. The molecular formula is C33H30Cl2N4O3S. The number of nitrogens with two attached hydrogens (primary N) is 1. The molecule has 7 nitrogen and oxygen atoms in total. The summed E-state index contributed by atoms with van der Waals surface area (Å²) in [5.41, 5.74) is 10.9. The Hall–Kier alpha value is -3.69. The molecule has 2 N–H and O–H groups in total. The number of piperidine rings is 1. The zero-order valence-electron chi connectivity index (χ0n) is 23.5. The van der Waals surface area contributed by atoms with Gasteiger partial charge >= 0.3 is 0 Å². The molecule has 2 heterocycles. The van der Waals surface area contributed by atoms with Crippen LogP contribution in [0.1, 0.15) is 57.4 Å². The third-order valence-corrected chi connectivity index (χ3v) is 10.6. The number of amides is 1. The quantitative estimate of drug-likeness (QED) is 0.201. The van der Waals surface area contributed by atoms with Crippen LogP contribution in [-0.4, -0.2) is 41.5 Å². The first kappa shape index (κ1) is 29.4. The van der Waals surface area contributed by atoms with Gasteiger partial charge < -0.3 is 5.73 Å². The van der Waals surface area contributed by atoms with E-state index in [1.54, 1.807) is 6.07 Å². The van der Waals surface area contributed by atoms with Gasteiger partial charge in [-0.15, -0.1) is 0 Å². The number of fused-ring (bicyclic) bond motifs is 1. The highest BCUT2D eigenvalue weighted by atomic mass is 35.5. The fourth-order valence-corrected chi connectivity index (χ4v) is 7.78. The average molecular weight is 634 g/mol. The number of nitrogens with zero attached hydrogens (tertiary/aromatic N) is 3. The summed E-state index contributed by atoms with van der Waals surface area (Å²) in [5.74, 6) is -0.617. The molecule has 43 heavy (non-hydrogen) atoms. The van der Waals surface area contributed by atoms with E-state index in [0.717, 1.165) is 33.3 Å². The van der Waals surface area contributed by atoms with Crippen LogP contribution in [0.4, 0.5) is 0 Å². The van der Waals surface area contributed by atoms with Crippen molar-refractivity contribution in [3.8, 4) is 0 Å². The minimum Gasteiger partial charge on any atom is -0.366 e. The number of carbonyl (C=O) groups excluding carboxylic acids is 1. The van der Waals surface area contributed by atoms with Gasteiger partial charge in [-0.05, 0) is 84.1 Å². The van der Waals surface area contributed by atoms with Crippen LogP contribution in [0.2, 0.25) is 10.0 Å². The SMILES string of the molecule is Cn1nc(C2CCN(S(=O)(=O)c3cccc(C(N)=O)c3)CC2)c2cc(C(c3ccc(Cl)cc3)c3ccc(Cl)cc3)ccc21. The molecule has 0 bridgehead atoms. The molecule has 1 aliphatic heterocycles. The van der Waals surface area contributed by atoms with Crippen molar-refractivity contribution < 1.29 is 13.2 Å². The Bertz CT molecular complexity index is 1870. The maximum Gasteiger partial charge on any atom is 0.248 e. The maximum absolute atomic E-state index is 13.4. The molecular weight excluding hydrogens is 603 g/mol. The Kier molecular flexibility index (Phi) is 8.04. The lowest BCUT2D eigenvalue weighted by molar-refractivity contribution is 0.1000. The topological polar surface area (TPSA) is 98.3 Å². The van der Waals surface area contributed by atoms with Gasteiger partial charge in [-0.25, -0.2) is 8.42 Å². The molecule has 10 heteroatoms. The largest absolute Gasteiger partial charge is 0.366 e. The van der Waals surface area contributed by atoms with Crippen LogP contribution >= 0.6 is 23.2 Å². The summed E-state index contributed by atoms with van der Waals surface area (Å²) in [6, 6.07) is 28.1. The van der Waals surface area contributed by atoms with E-state index in [9.17, 15) is 13.2 Å². The molecule has 220 valence electrons. The van der Waals surface area contributed by atoms with E-state index in [0.29, 0.717) is 36.0 Å². The Morgan fingerprint density at radius 3 is 2.02 bits per heavy atom. The third kappa shape index (κ3) is 5.80. The van der Waals surface area contributed by atoms with Crippen molar-refractivity contribution in [1.29, 1.82) is 0 Å². The Balaban J connectivity index is 1.31. The first-order chi connectivity index (χ1) is 20.6. The first-order valence-electron chi connectivity index (χ1n) is 14.0. The number of carbonyl (C=O) groups is 1. The van der Waals surface area contributed by atoms with Crippen molar-refractivity contribution in [2.45, 2.75) is 29.6 Å². The Morgan fingerprint density at radius 1 is 0.860 bits per heavy atom. The van der Waals surface area contributed by atoms with Crippen molar-refractivity contribution >= 4 is 50.0 Å². The van der Waals surface area contributed by atoms with E-state index in [1.807, 2.05) is 60.3 Å². The van der Waals surface area contributed by atoms with E-state index >= 15 is 0 Å². The lowest BCUT2D eigenvalue weighted by Gasteiger charge is -2.30. The fraction of sp³-hybridized carbons (Fsp3) is 0.212. The number of hydrogen-bond acceptors (Lipinski definition) is 4.